The van der Waals surface area contributed by atoms with Gasteiger partial charge in [-0.1, -0.05) is 6.92 Å². The minimum Gasteiger partial charge on any atom is -0.467 e. The Kier molecular flexibility index (Phi) is 4.08. The smallest absolute Gasteiger partial charge is 0.328 e. The number of rotatable bonds is 3. The Hall–Kier alpha value is -1.10. The second-order valence-corrected chi connectivity index (χ2v) is 3.72. The van der Waals surface area contributed by atoms with Crippen LogP contribution in [-0.2, 0) is 14.3 Å². The third kappa shape index (κ3) is 2.68. The summed E-state index contributed by atoms with van der Waals surface area (Å²) in [6.45, 7) is 2.14. The molecule has 0 aromatic heterocycles. The first-order valence-corrected chi connectivity index (χ1v) is 5.15. The van der Waals surface area contributed by atoms with Gasteiger partial charge >= 0.3 is 5.97 Å². The van der Waals surface area contributed by atoms with Gasteiger partial charge in [-0.15, -0.1) is 0 Å². The highest BCUT2D eigenvalue weighted by Gasteiger charge is 2.38. The van der Waals surface area contributed by atoms with E-state index in [2.05, 4.69) is 4.74 Å². The second kappa shape index (κ2) is 5.11. The molecule has 1 saturated heterocycles. The number of likely N-dealkylation sites (tertiary alicyclic amines) is 1. The van der Waals surface area contributed by atoms with Gasteiger partial charge in [0.25, 0.3) is 0 Å². The number of carbonyl (C=O) groups excluding carboxylic acids is 2. The minimum atomic E-state index is -0.616. The fourth-order valence-corrected chi connectivity index (χ4v) is 1.81. The first kappa shape index (κ1) is 12.0. The summed E-state index contributed by atoms with van der Waals surface area (Å²) >= 11 is 0. The Balaban J connectivity index is 2.68. The van der Waals surface area contributed by atoms with Crippen molar-refractivity contribution < 1.29 is 19.4 Å². The monoisotopic (exact) mass is 215 g/mol. The first-order chi connectivity index (χ1) is 7.10. The lowest BCUT2D eigenvalue weighted by Gasteiger charge is -2.21. The molecule has 0 spiro atoms. The maximum atomic E-state index is 11.6. The molecule has 1 amide bonds. The van der Waals surface area contributed by atoms with Gasteiger partial charge in [-0.2, -0.15) is 0 Å². The van der Waals surface area contributed by atoms with Crippen LogP contribution in [0.1, 0.15) is 26.2 Å². The number of amides is 1. The maximum absolute atomic E-state index is 11.6. The van der Waals surface area contributed by atoms with Crippen molar-refractivity contribution in [2.24, 2.45) is 0 Å². The van der Waals surface area contributed by atoms with E-state index >= 15 is 0 Å². The largest absolute Gasteiger partial charge is 0.467 e. The molecule has 0 saturated carbocycles. The summed E-state index contributed by atoms with van der Waals surface area (Å²) in [6.07, 6.45) is 0.802. The quantitative estimate of drug-likeness (QED) is 0.669. The number of carbonyl (C=O) groups is 2. The van der Waals surface area contributed by atoms with Gasteiger partial charge in [0.1, 0.15) is 6.04 Å². The number of aliphatic hydroxyl groups is 1. The Morgan fingerprint density at radius 1 is 1.53 bits per heavy atom. The highest BCUT2D eigenvalue weighted by Crippen LogP contribution is 2.20. The third-order valence-corrected chi connectivity index (χ3v) is 2.54. The van der Waals surface area contributed by atoms with E-state index < -0.39 is 18.1 Å². The number of β-amino-alcohol motifs (C(OH)–C–C–N with tert-alkyl or cyclic N) is 1. The fourth-order valence-electron chi connectivity index (χ4n) is 1.81. The summed E-state index contributed by atoms with van der Waals surface area (Å²) in [7, 11) is 1.29. The van der Waals surface area contributed by atoms with Gasteiger partial charge in [0, 0.05) is 19.4 Å². The summed E-state index contributed by atoms with van der Waals surface area (Å²) in [5, 5.41) is 9.43. The van der Waals surface area contributed by atoms with E-state index in [4.69, 9.17) is 0 Å². The molecule has 0 bridgehead atoms. The fraction of sp³-hybridized carbons (Fsp3) is 0.800. The number of aliphatic hydroxyl groups excluding tert-OH is 1. The Morgan fingerprint density at radius 2 is 2.20 bits per heavy atom. The van der Waals surface area contributed by atoms with Crippen molar-refractivity contribution in [2.45, 2.75) is 38.3 Å². The van der Waals surface area contributed by atoms with E-state index in [1.54, 1.807) is 0 Å². The highest BCUT2D eigenvalue weighted by atomic mass is 16.5. The van der Waals surface area contributed by atoms with Crippen molar-refractivity contribution >= 4 is 11.9 Å². The predicted molar refractivity (Wildman–Crippen MR) is 53.0 cm³/mol. The van der Waals surface area contributed by atoms with Crippen LogP contribution < -0.4 is 0 Å². The molecular weight excluding hydrogens is 198 g/mol. The van der Waals surface area contributed by atoms with Crippen molar-refractivity contribution in [1.82, 2.24) is 4.90 Å². The van der Waals surface area contributed by atoms with Gasteiger partial charge in [0.15, 0.2) is 0 Å². The molecule has 86 valence electrons. The third-order valence-electron chi connectivity index (χ3n) is 2.54. The molecular formula is C10H17NO4. The Bertz CT molecular complexity index is 254. The van der Waals surface area contributed by atoms with Gasteiger partial charge in [0.2, 0.25) is 5.91 Å². The standard InChI is InChI=1S/C10H17NO4/c1-3-4-9(13)11-6-7(12)5-8(11)10(14)15-2/h7-8,12H,3-6H2,1-2H3. The van der Waals surface area contributed by atoms with Crippen LogP contribution in [-0.4, -0.2) is 47.7 Å². The molecule has 5 heteroatoms. The number of ether oxygens (including phenoxy) is 1. The highest BCUT2D eigenvalue weighted by molar-refractivity contribution is 5.85. The lowest BCUT2D eigenvalue weighted by Crippen LogP contribution is -2.41. The summed E-state index contributed by atoms with van der Waals surface area (Å²) < 4.78 is 4.60. The average Bonchev–Trinajstić information content (AvgIpc) is 2.59. The van der Waals surface area contributed by atoms with E-state index in [0.717, 1.165) is 6.42 Å². The Morgan fingerprint density at radius 3 is 2.73 bits per heavy atom. The van der Waals surface area contributed by atoms with Crippen LogP contribution in [0.3, 0.4) is 0 Å². The molecule has 2 unspecified atom stereocenters. The van der Waals surface area contributed by atoms with Gasteiger partial charge in [0.05, 0.1) is 13.2 Å². The molecule has 1 aliphatic rings. The number of hydrogen-bond acceptors (Lipinski definition) is 4. The predicted octanol–water partition coefficient (Wildman–Crippen LogP) is -0.0787. The zero-order chi connectivity index (χ0) is 11.4. The van der Waals surface area contributed by atoms with Gasteiger partial charge in [-0.05, 0) is 6.42 Å². The molecule has 1 N–H and O–H groups in total. The number of methoxy groups -OCH3 is 1. The Labute approximate surface area is 89.0 Å². The van der Waals surface area contributed by atoms with E-state index in [-0.39, 0.29) is 18.9 Å². The van der Waals surface area contributed by atoms with Crippen LogP contribution in [0.25, 0.3) is 0 Å². The van der Waals surface area contributed by atoms with E-state index in [1.165, 1.54) is 12.0 Å². The second-order valence-electron chi connectivity index (χ2n) is 3.72. The van der Waals surface area contributed by atoms with E-state index in [0.29, 0.717) is 6.42 Å². The summed E-state index contributed by atoms with van der Waals surface area (Å²) in [6, 6.07) is -0.607. The van der Waals surface area contributed by atoms with Crippen LogP contribution >= 0.6 is 0 Å². The number of hydrogen-bond donors (Lipinski definition) is 1. The molecule has 15 heavy (non-hydrogen) atoms. The summed E-state index contributed by atoms with van der Waals surface area (Å²) in [5.41, 5.74) is 0. The van der Waals surface area contributed by atoms with Crippen molar-refractivity contribution in [3.05, 3.63) is 0 Å². The molecule has 0 aliphatic carbocycles. The van der Waals surface area contributed by atoms with Gasteiger partial charge < -0.3 is 14.7 Å². The molecule has 2 atom stereocenters. The normalized spacial score (nSPS) is 25.4. The van der Waals surface area contributed by atoms with E-state index in [9.17, 15) is 14.7 Å². The summed E-state index contributed by atoms with van der Waals surface area (Å²) in [4.78, 5) is 24.4. The first-order valence-electron chi connectivity index (χ1n) is 5.15. The van der Waals surface area contributed by atoms with E-state index in [1.807, 2.05) is 6.92 Å². The summed E-state index contributed by atoms with van der Waals surface area (Å²) in [5.74, 6) is -0.541. The molecule has 5 nitrogen and oxygen atoms in total. The minimum absolute atomic E-state index is 0.0931. The average molecular weight is 215 g/mol. The van der Waals surface area contributed by atoms with Crippen LogP contribution in [0.5, 0.6) is 0 Å². The van der Waals surface area contributed by atoms with Gasteiger partial charge in [-0.25, -0.2) is 4.79 Å². The van der Waals surface area contributed by atoms with Crippen molar-refractivity contribution in [2.75, 3.05) is 13.7 Å². The zero-order valence-electron chi connectivity index (χ0n) is 9.10. The van der Waals surface area contributed by atoms with Crippen LogP contribution in [0.4, 0.5) is 0 Å². The number of esters is 1. The van der Waals surface area contributed by atoms with Crippen molar-refractivity contribution in [1.29, 1.82) is 0 Å². The lowest BCUT2D eigenvalue weighted by atomic mass is 10.2. The van der Waals surface area contributed by atoms with Crippen LogP contribution in [0.2, 0.25) is 0 Å². The molecule has 1 aliphatic heterocycles. The molecule has 0 radical (unpaired) electrons. The molecule has 1 heterocycles. The van der Waals surface area contributed by atoms with Gasteiger partial charge in [-0.3, -0.25) is 4.79 Å². The van der Waals surface area contributed by atoms with Crippen molar-refractivity contribution in [3.63, 3.8) is 0 Å². The topological polar surface area (TPSA) is 66.8 Å². The van der Waals surface area contributed by atoms with Crippen molar-refractivity contribution in [3.8, 4) is 0 Å². The zero-order valence-corrected chi connectivity index (χ0v) is 9.10. The molecule has 1 fully saturated rings. The van der Waals surface area contributed by atoms with Crippen LogP contribution in [0, 0.1) is 0 Å². The molecule has 0 aromatic rings. The number of nitrogens with zero attached hydrogens (tertiary/aromatic N) is 1. The molecule has 0 aromatic carbocycles. The molecule has 1 rings (SSSR count). The maximum Gasteiger partial charge on any atom is 0.328 e. The lowest BCUT2D eigenvalue weighted by molar-refractivity contribution is -0.150. The SMILES string of the molecule is CCCC(=O)N1CC(O)CC1C(=O)OC. The van der Waals surface area contributed by atoms with Crippen LogP contribution in [0.15, 0.2) is 0 Å².